The summed E-state index contributed by atoms with van der Waals surface area (Å²) in [6, 6.07) is 0. The highest BCUT2D eigenvalue weighted by atomic mass is 32.3. The smallest absolute Gasteiger partial charge is 0.336 e. The van der Waals surface area contributed by atoms with Gasteiger partial charge in [-0.2, -0.15) is 0 Å². The molecule has 4 aliphatic rings. The predicted octanol–water partition coefficient (Wildman–Crippen LogP) is 5.24. The highest BCUT2D eigenvalue weighted by Gasteiger charge is 2.61. The molecule has 0 saturated heterocycles. The molecule has 0 aromatic heterocycles. The first-order valence-corrected chi connectivity index (χ1v) is 13.9. The van der Waals surface area contributed by atoms with Crippen LogP contribution in [0.15, 0.2) is 23.5 Å². The Labute approximate surface area is 204 Å². The van der Waals surface area contributed by atoms with Gasteiger partial charge in [0.1, 0.15) is 6.26 Å². The molecule has 0 spiro atoms. The van der Waals surface area contributed by atoms with Crippen molar-refractivity contribution in [2.24, 2.45) is 34.0 Å². The number of rotatable bonds is 6. The van der Waals surface area contributed by atoms with Crippen LogP contribution in [-0.2, 0) is 28.9 Å². The molecule has 0 aromatic rings. The number of cyclic esters (lactones) is 1. The fourth-order valence-electron chi connectivity index (χ4n) is 8.50. The number of hydrogen-bond acceptors (Lipinski definition) is 7. The van der Waals surface area contributed by atoms with Gasteiger partial charge in [0.25, 0.3) is 10.4 Å². The number of esters is 1. The molecule has 4 rings (SSSR count). The summed E-state index contributed by atoms with van der Waals surface area (Å²) in [5, 5.41) is 0. The maximum Gasteiger partial charge on any atom is 0.336 e. The van der Waals surface area contributed by atoms with E-state index in [0.717, 1.165) is 24.8 Å². The summed E-state index contributed by atoms with van der Waals surface area (Å²) in [7, 11) is -3.32. The van der Waals surface area contributed by atoms with Crippen LogP contribution in [0.5, 0.6) is 0 Å². The lowest BCUT2D eigenvalue weighted by Gasteiger charge is -2.66. The van der Waals surface area contributed by atoms with Crippen molar-refractivity contribution in [3.8, 4) is 0 Å². The van der Waals surface area contributed by atoms with E-state index in [1.54, 1.807) is 6.08 Å². The average molecular weight is 496 g/mol. The van der Waals surface area contributed by atoms with Gasteiger partial charge in [0, 0.05) is 12.7 Å². The Balaban J connectivity index is 1.66. The zero-order valence-corrected chi connectivity index (χ0v) is 21.9. The van der Waals surface area contributed by atoms with Crippen LogP contribution in [0.3, 0.4) is 0 Å². The minimum absolute atomic E-state index is 0.0195. The SMILES string of the molecule is CO[C@H]1C=C(CC[C@H]2/C(=C/OS(=O)(=O)[O-])CC[C@H]3[C@]2(C)CC[C@H]2C(C)(C)CCC[C@]32C)C(=O)O1. The van der Waals surface area contributed by atoms with E-state index in [9.17, 15) is 17.8 Å². The summed E-state index contributed by atoms with van der Waals surface area (Å²) in [5.74, 6) is 0.802. The lowest BCUT2D eigenvalue weighted by atomic mass is 9.39. The summed E-state index contributed by atoms with van der Waals surface area (Å²) < 4.78 is 48.7. The van der Waals surface area contributed by atoms with Gasteiger partial charge in [-0.15, -0.1) is 0 Å². The molecule has 1 aliphatic heterocycles. The Morgan fingerprint density at radius 3 is 2.50 bits per heavy atom. The maximum absolute atomic E-state index is 12.3. The van der Waals surface area contributed by atoms with Crippen molar-refractivity contribution in [3.05, 3.63) is 23.5 Å². The van der Waals surface area contributed by atoms with Gasteiger partial charge in [-0.25, -0.2) is 13.2 Å². The quantitative estimate of drug-likeness (QED) is 0.215. The van der Waals surface area contributed by atoms with Crippen molar-refractivity contribution in [1.29, 1.82) is 0 Å². The molecule has 3 saturated carbocycles. The topological polar surface area (TPSA) is 102 Å². The summed E-state index contributed by atoms with van der Waals surface area (Å²) in [6.07, 6.45) is 11.0. The molecule has 192 valence electrons. The second-order valence-electron chi connectivity index (χ2n) is 12.0. The van der Waals surface area contributed by atoms with E-state index in [1.165, 1.54) is 32.6 Å². The molecule has 0 radical (unpaired) electrons. The van der Waals surface area contributed by atoms with Gasteiger partial charge in [0.05, 0.1) is 0 Å². The van der Waals surface area contributed by atoms with E-state index < -0.39 is 16.7 Å². The molecule has 0 bridgehead atoms. The number of allylic oxidation sites excluding steroid dienone is 1. The summed E-state index contributed by atoms with van der Waals surface area (Å²) in [6.45, 7) is 9.65. The molecule has 7 nitrogen and oxygen atoms in total. The average Bonchev–Trinajstić information content (AvgIpc) is 3.09. The van der Waals surface area contributed by atoms with Crippen LogP contribution < -0.4 is 0 Å². The number of fused-ring (bicyclic) bond motifs is 3. The van der Waals surface area contributed by atoms with Gasteiger partial charge in [0.15, 0.2) is 0 Å². The van der Waals surface area contributed by atoms with Crippen molar-refractivity contribution in [2.45, 2.75) is 91.8 Å². The van der Waals surface area contributed by atoms with Crippen molar-refractivity contribution < 1.29 is 31.4 Å². The second kappa shape index (κ2) is 8.93. The summed E-state index contributed by atoms with van der Waals surface area (Å²) in [4.78, 5) is 12.3. The Morgan fingerprint density at radius 1 is 1.12 bits per heavy atom. The lowest BCUT2D eigenvalue weighted by molar-refractivity contribution is -0.156. The highest BCUT2D eigenvalue weighted by molar-refractivity contribution is 7.80. The number of ether oxygens (including phenoxy) is 2. The first kappa shape index (κ1) is 25.7. The van der Waals surface area contributed by atoms with E-state index >= 15 is 0 Å². The highest BCUT2D eigenvalue weighted by Crippen LogP contribution is 2.69. The third-order valence-electron chi connectivity index (χ3n) is 9.88. The Kier molecular flexibility index (Phi) is 6.75. The monoisotopic (exact) mass is 495 g/mol. The first-order valence-electron chi connectivity index (χ1n) is 12.6. The summed E-state index contributed by atoms with van der Waals surface area (Å²) in [5.41, 5.74) is 1.92. The van der Waals surface area contributed by atoms with Gasteiger partial charge in [-0.3, -0.25) is 0 Å². The molecule has 0 aromatic carbocycles. The van der Waals surface area contributed by atoms with Gasteiger partial charge in [-0.05, 0) is 97.0 Å². The molecular weight excluding hydrogens is 456 g/mol. The normalized spacial score (nSPS) is 40.8. The minimum Gasteiger partial charge on any atom is -0.716 e. The van der Waals surface area contributed by atoms with Gasteiger partial charge < -0.3 is 18.2 Å². The van der Waals surface area contributed by atoms with Crippen LogP contribution in [-0.4, -0.2) is 32.3 Å². The van der Waals surface area contributed by atoms with Crippen molar-refractivity contribution in [3.63, 3.8) is 0 Å². The van der Waals surface area contributed by atoms with Crippen LogP contribution in [0.25, 0.3) is 0 Å². The Bertz CT molecular complexity index is 981. The fourth-order valence-corrected chi connectivity index (χ4v) is 8.74. The van der Waals surface area contributed by atoms with Crippen LogP contribution in [0.1, 0.15) is 85.5 Å². The third-order valence-corrected chi connectivity index (χ3v) is 10.2. The molecule has 0 unspecified atom stereocenters. The van der Waals surface area contributed by atoms with E-state index in [4.69, 9.17) is 9.47 Å². The van der Waals surface area contributed by atoms with Crippen LogP contribution in [0.2, 0.25) is 0 Å². The lowest BCUT2D eigenvalue weighted by Crippen LogP contribution is -2.58. The molecule has 6 atom stereocenters. The molecule has 3 fully saturated rings. The first-order chi connectivity index (χ1) is 15.8. The van der Waals surface area contributed by atoms with Crippen LogP contribution >= 0.6 is 0 Å². The Morgan fingerprint density at radius 2 is 1.85 bits per heavy atom. The Hall–Kier alpha value is -1.38. The number of methoxy groups -OCH3 is 1. The minimum atomic E-state index is -4.82. The number of carbonyl (C=O) groups excluding carboxylic acids is 1. The van der Waals surface area contributed by atoms with Gasteiger partial charge >= 0.3 is 5.97 Å². The zero-order valence-electron chi connectivity index (χ0n) is 21.1. The fraction of sp³-hybridized carbons (Fsp3) is 0.808. The molecule has 34 heavy (non-hydrogen) atoms. The second-order valence-corrected chi connectivity index (χ2v) is 13.0. The van der Waals surface area contributed by atoms with Crippen LogP contribution in [0, 0.1) is 34.0 Å². The molecule has 0 amide bonds. The van der Waals surface area contributed by atoms with Gasteiger partial charge in [-0.1, -0.05) is 34.1 Å². The van der Waals surface area contributed by atoms with E-state index in [-0.39, 0.29) is 22.7 Å². The molecule has 1 heterocycles. The molecule has 3 aliphatic carbocycles. The standard InChI is InChI=1S/C26H40O7S/c1-24(2)12-6-13-26(4)20(24)11-14-25(3)19(9-7-17-15-22(31-5)33-23(17)27)18(8-10-21(25)26)16-32-34(28,29)30/h15-16,19-22H,6-14H2,1-5H3,(H,28,29,30)/p-1/b18-16+/t19-,20-,21-,22+,25+,26-/m0/s1. The number of hydrogen-bond donors (Lipinski definition) is 0. The van der Waals surface area contributed by atoms with Crippen molar-refractivity contribution >= 4 is 16.4 Å². The van der Waals surface area contributed by atoms with Crippen molar-refractivity contribution in [1.82, 2.24) is 0 Å². The van der Waals surface area contributed by atoms with E-state index in [1.807, 2.05) is 0 Å². The summed E-state index contributed by atoms with van der Waals surface area (Å²) >= 11 is 0. The maximum atomic E-state index is 12.3. The zero-order chi connectivity index (χ0) is 24.9. The van der Waals surface area contributed by atoms with E-state index in [0.29, 0.717) is 42.1 Å². The molecule has 0 N–H and O–H groups in total. The van der Waals surface area contributed by atoms with Crippen molar-refractivity contribution in [2.75, 3.05) is 7.11 Å². The molecular formula is C26H39O7S-. The third kappa shape index (κ3) is 4.58. The van der Waals surface area contributed by atoms with Crippen LogP contribution in [0.4, 0.5) is 0 Å². The molecule has 8 heteroatoms. The predicted molar refractivity (Wildman–Crippen MR) is 126 cm³/mol. The largest absolute Gasteiger partial charge is 0.716 e. The number of carbonyl (C=O) groups is 1. The van der Waals surface area contributed by atoms with Gasteiger partial charge in [0.2, 0.25) is 6.29 Å². The van der Waals surface area contributed by atoms with E-state index in [2.05, 4.69) is 31.9 Å².